The lowest BCUT2D eigenvalue weighted by Crippen LogP contribution is -2.28. The molecule has 0 amide bonds. The minimum Gasteiger partial charge on any atom is -0.481 e. The molecule has 0 radical (unpaired) electrons. The van der Waals surface area contributed by atoms with Crippen molar-refractivity contribution in [1.29, 1.82) is 0 Å². The van der Waals surface area contributed by atoms with Crippen molar-refractivity contribution in [3.05, 3.63) is 0 Å². The fourth-order valence-corrected chi connectivity index (χ4v) is 0.986. The van der Waals surface area contributed by atoms with Gasteiger partial charge in [-0.2, -0.15) is 0 Å². The van der Waals surface area contributed by atoms with Gasteiger partial charge in [0.05, 0.1) is 5.92 Å². The van der Waals surface area contributed by atoms with Crippen LogP contribution in [0.15, 0.2) is 0 Å². The maximum absolute atomic E-state index is 11.3. The Kier molecular flexibility index (Phi) is 3.93. The second kappa shape index (κ2) is 4.24. The molecular formula is C9H16O3. The molecule has 0 aromatic heterocycles. The number of rotatable bonds is 4. The fraction of sp³-hybridized carbons (Fsp3) is 0.778. The van der Waals surface area contributed by atoms with E-state index in [2.05, 4.69) is 0 Å². The molecule has 3 nitrogen and oxygen atoms in total. The number of carboxylic acid groups (broad SMARTS) is 1. The summed E-state index contributed by atoms with van der Waals surface area (Å²) in [5, 5.41) is 8.63. The lowest BCUT2D eigenvalue weighted by molar-refractivity contribution is -0.146. The number of hydrogen-bond acceptors (Lipinski definition) is 2. The van der Waals surface area contributed by atoms with Crippen molar-refractivity contribution < 1.29 is 14.7 Å². The molecule has 0 aromatic rings. The van der Waals surface area contributed by atoms with Crippen LogP contribution in [0.5, 0.6) is 0 Å². The van der Waals surface area contributed by atoms with E-state index in [-0.39, 0.29) is 17.6 Å². The summed E-state index contributed by atoms with van der Waals surface area (Å²) in [4.78, 5) is 21.8. The largest absolute Gasteiger partial charge is 0.481 e. The van der Waals surface area contributed by atoms with Crippen LogP contribution in [-0.2, 0) is 9.59 Å². The normalized spacial score (nSPS) is 15.8. The maximum Gasteiger partial charge on any atom is 0.306 e. The number of aliphatic carboxylic acids is 1. The standard InChI is InChI=1S/C9H16O3/c1-5(2)8(10)6(3)7(4)9(11)12/h5-7H,1-4H3,(H,11,12). The highest BCUT2D eigenvalue weighted by Crippen LogP contribution is 2.16. The van der Waals surface area contributed by atoms with Crippen LogP contribution in [0.25, 0.3) is 0 Å². The average Bonchev–Trinajstić information content (AvgIpc) is 2.00. The average molecular weight is 172 g/mol. The van der Waals surface area contributed by atoms with Gasteiger partial charge in [-0.3, -0.25) is 9.59 Å². The Hall–Kier alpha value is -0.860. The van der Waals surface area contributed by atoms with Crippen LogP contribution >= 0.6 is 0 Å². The van der Waals surface area contributed by atoms with E-state index in [1.807, 2.05) is 0 Å². The first-order valence-electron chi connectivity index (χ1n) is 4.14. The summed E-state index contributed by atoms with van der Waals surface area (Å²) in [5.74, 6) is -1.94. The molecule has 0 aliphatic heterocycles. The summed E-state index contributed by atoms with van der Waals surface area (Å²) >= 11 is 0. The minimum absolute atomic E-state index is 0.0184. The molecule has 0 spiro atoms. The molecule has 0 aliphatic carbocycles. The van der Waals surface area contributed by atoms with E-state index >= 15 is 0 Å². The summed E-state index contributed by atoms with van der Waals surface area (Å²) in [6, 6.07) is 0. The minimum atomic E-state index is -0.906. The van der Waals surface area contributed by atoms with E-state index in [1.165, 1.54) is 0 Å². The molecule has 3 heteroatoms. The van der Waals surface area contributed by atoms with Crippen LogP contribution in [0.2, 0.25) is 0 Å². The molecule has 70 valence electrons. The van der Waals surface area contributed by atoms with Crippen molar-refractivity contribution in [2.24, 2.45) is 17.8 Å². The van der Waals surface area contributed by atoms with Crippen LogP contribution in [0.4, 0.5) is 0 Å². The van der Waals surface area contributed by atoms with Crippen LogP contribution in [0.3, 0.4) is 0 Å². The van der Waals surface area contributed by atoms with E-state index in [1.54, 1.807) is 27.7 Å². The third-order valence-corrected chi connectivity index (χ3v) is 2.16. The Balaban J connectivity index is 4.29. The Bertz CT molecular complexity index is 184. The van der Waals surface area contributed by atoms with Crippen molar-refractivity contribution in [1.82, 2.24) is 0 Å². The van der Waals surface area contributed by atoms with Crippen LogP contribution in [-0.4, -0.2) is 16.9 Å². The maximum atomic E-state index is 11.3. The fourth-order valence-electron chi connectivity index (χ4n) is 0.986. The van der Waals surface area contributed by atoms with Gasteiger partial charge in [0, 0.05) is 11.8 Å². The summed E-state index contributed by atoms with van der Waals surface area (Å²) in [6.07, 6.45) is 0. The van der Waals surface area contributed by atoms with Gasteiger partial charge in [-0.05, 0) is 0 Å². The molecule has 0 rings (SSSR count). The van der Waals surface area contributed by atoms with Gasteiger partial charge < -0.3 is 5.11 Å². The van der Waals surface area contributed by atoms with Crippen molar-refractivity contribution >= 4 is 11.8 Å². The predicted octanol–water partition coefficient (Wildman–Crippen LogP) is 1.57. The highest BCUT2D eigenvalue weighted by Gasteiger charge is 2.26. The molecule has 12 heavy (non-hydrogen) atoms. The van der Waals surface area contributed by atoms with Crippen molar-refractivity contribution in [2.75, 3.05) is 0 Å². The second-order valence-electron chi connectivity index (χ2n) is 3.47. The van der Waals surface area contributed by atoms with Gasteiger partial charge in [0.15, 0.2) is 0 Å². The molecule has 0 bridgehead atoms. The van der Waals surface area contributed by atoms with Gasteiger partial charge in [0.25, 0.3) is 0 Å². The SMILES string of the molecule is CC(C)C(=O)C(C)C(C)C(=O)O. The zero-order valence-corrected chi connectivity index (χ0v) is 8.00. The molecule has 2 atom stereocenters. The van der Waals surface area contributed by atoms with Crippen LogP contribution in [0.1, 0.15) is 27.7 Å². The number of carboxylic acids is 1. The summed E-state index contributed by atoms with van der Waals surface area (Å²) in [5.41, 5.74) is 0. The molecular weight excluding hydrogens is 156 g/mol. The summed E-state index contributed by atoms with van der Waals surface area (Å²) < 4.78 is 0. The quantitative estimate of drug-likeness (QED) is 0.700. The molecule has 0 aliphatic rings. The molecule has 1 N–H and O–H groups in total. The van der Waals surface area contributed by atoms with Gasteiger partial charge >= 0.3 is 5.97 Å². The monoisotopic (exact) mass is 172 g/mol. The number of Topliss-reactive ketones (excluding diaryl/α,β-unsaturated/α-hetero) is 1. The Morgan fingerprint density at radius 1 is 1.00 bits per heavy atom. The number of hydrogen-bond donors (Lipinski definition) is 1. The van der Waals surface area contributed by atoms with Crippen LogP contribution < -0.4 is 0 Å². The Labute approximate surface area is 72.8 Å². The third-order valence-electron chi connectivity index (χ3n) is 2.16. The predicted molar refractivity (Wildman–Crippen MR) is 45.8 cm³/mol. The first kappa shape index (κ1) is 11.1. The van der Waals surface area contributed by atoms with E-state index < -0.39 is 11.9 Å². The number of carbonyl (C=O) groups excluding carboxylic acids is 1. The zero-order chi connectivity index (χ0) is 9.89. The molecule has 0 heterocycles. The Morgan fingerprint density at radius 2 is 1.42 bits per heavy atom. The zero-order valence-electron chi connectivity index (χ0n) is 8.00. The molecule has 0 saturated heterocycles. The summed E-state index contributed by atoms with van der Waals surface area (Å²) in [7, 11) is 0. The second-order valence-corrected chi connectivity index (χ2v) is 3.47. The van der Waals surface area contributed by atoms with E-state index in [4.69, 9.17) is 5.11 Å². The van der Waals surface area contributed by atoms with Gasteiger partial charge in [-0.25, -0.2) is 0 Å². The molecule has 0 aromatic carbocycles. The van der Waals surface area contributed by atoms with Gasteiger partial charge in [0.1, 0.15) is 5.78 Å². The van der Waals surface area contributed by atoms with Gasteiger partial charge in [-0.1, -0.05) is 27.7 Å². The summed E-state index contributed by atoms with van der Waals surface area (Å²) in [6.45, 7) is 6.80. The van der Waals surface area contributed by atoms with Crippen molar-refractivity contribution in [3.8, 4) is 0 Å². The van der Waals surface area contributed by atoms with Crippen LogP contribution in [0, 0.1) is 17.8 Å². The molecule has 0 fully saturated rings. The highest BCUT2D eigenvalue weighted by molar-refractivity contribution is 5.86. The van der Waals surface area contributed by atoms with Gasteiger partial charge in [0.2, 0.25) is 0 Å². The third kappa shape index (κ3) is 2.64. The number of ketones is 1. The van der Waals surface area contributed by atoms with Gasteiger partial charge in [-0.15, -0.1) is 0 Å². The molecule has 2 unspecified atom stereocenters. The van der Waals surface area contributed by atoms with Crippen molar-refractivity contribution in [2.45, 2.75) is 27.7 Å². The van der Waals surface area contributed by atoms with Crippen molar-refractivity contribution in [3.63, 3.8) is 0 Å². The molecule has 0 saturated carbocycles. The Morgan fingerprint density at radius 3 is 1.67 bits per heavy atom. The van der Waals surface area contributed by atoms with E-state index in [9.17, 15) is 9.59 Å². The first-order chi connectivity index (χ1) is 5.37. The van der Waals surface area contributed by atoms with E-state index in [0.29, 0.717) is 0 Å². The highest BCUT2D eigenvalue weighted by atomic mass is 16.4. The topological polar surface area (TPSA) is 54.4 Å². The lowest BCUT2D eigenvalue weighted by atomic mass is 9.87. The first-order valence-corrected chi connectivity index (χ1v) is 4.14. The number of carbonyl (C=O) groups is 2. The smallest absolute Gasteiger partial charge is 0.306 e. The van der Waals surface area contributed by atoms with E-state index in [0.717, 1.165) is 0 Å². The lowest BCUT2D eigenvalue weighted by Gasteiger charge is -2.16.